The number of rotatable bonds is 5. The molecule has 1 saturated heterocycles. The van der Waals surface area contributed by atoms with E-state index in [1.54, 1.807) is 43.6 Å². The molecule has 4 rings (SSSR count). The van der Waals surface area contributed by atoms with Crippen molar-refractivity contribution in [2.75, 3.05) is 30.4 Å². The molecule has 0 radical (unpaired) electrons. The molecule has 1 N–H and O–H groups in total. The summed E-state index contributed by atoms with van der Waals surface area (Å²) in [7, 11) is 1.55. The van der Waals surface area contributed by atoms with Crippen LogP contribution in [0, 0.1) is 11.7 Å². The Morgan fingerprint density at radius 1 is 1.23 bits per heavy atom. The van der Waals surface area contributed by atoms with Gasteiger partial charge in [-0.15, -0.1) is 0 Å². The topological polar surface area (TPSA) is 67.3 Å². The molecule has 0 unspecified atom stereocenters. The van der Waals surface area contributed by atoms with Crippen LogP contribution in [0.2, 0.25) is 5.02 Å². The molecular formula is C23H22ClFN4O2. The highest BCUT2D eigenvalue weighted by Crippen LogP contribution is 2.30. The molecule has 1 atom stereocenters. The molecule has 0 aliphatic carbocycles. The summed E-state index contributed by atoms with van der Waals surface area (Å²) in [5.41, 5.74) is 1.29. The van der Waals surface area contributed by atoms with E-state index in [9.17, 15) is 9.18 Å². The van der Waals surface area contributed by atoms with Gasteiger partial charge in [0.1, 0.15) is 17.4 Å². The second kappa shape index (κ2) is 9.31. The molecule has 8 heteroatoms. The Labute approximate surface area is 185 Å². The van der Waals surface area contributed by atoms with Crippen LogP contribution in [0.1, 0.15) is 12.8 Å². The van der Waals surface area contributed by atoms with Gasteiger partial charge >= 0.3 is 0 Å². The zero-order valence-electron chi connectivity index (χ0n) is 17.0. The first kappa shape index (κ1) is 21.1. The van der Waals surface area contributed by atoms with Crippen molar-refractivity contribution < 1.29 is 13.9 Å². The minimum atomic E-state index is -0.305. The number of anilines is 2. The molecule has 1 aliphatic rings. The van der Waals surface area contributed by atoms with Crippen LogP contribution in [0.5, 0.6) is 5.75 Å². The number of hydrogen-bond donors (Lipinski definition) is 1. The van der Waals surface area contributed by atoms with Gasteiger partial charge in [0.25, 0.3) is 0 Å². The SMILES string of the molecule is COc1ccc(Cl)cc1NC(=O)[C@@H]1CCCN(c2ccnc(-c3ccc(F)cc3)n2)C1. The summed E-state index contributed by atoms with van der Waals surface area (Å²) in [4.78, 5) is 24.0. The summed E-state index contributed by atoms with van der Waals surface area (Å²) < 4.78 is 18.5. The second-order valence-electron chi connectivity index (χ2n) is 7.36. The number of nitrogens with one attached hydrogen (secondary N) is 1. The summed E-state index contributed by atoms with van der Waals surface area (Å²) in [5.74, 6) is 1.23. The minimum absolute atomic E-state index is 0.0851. The Morgan fingerprint density at radius 2 is 2.03 bits per heavy atom. The maximum atomic E-state index is 13.2. The molecule has 2 heterocycles. The fourth-order valence-corrected chi connectivity index (χ4v) is 3.85. The Bertz CT molecular complexity index is 1080. The van der Waals surface area contributed by atoms with E-state index >= 15 is 0 Å². The maximum Gasteiger partial charge on any atom is 0.229 e. The largest absolute Gasteiger partial charge is 0.495 e. The first-order valence-corrected chi connectivity index (χ1v) is 10.4. The van der Waals surface area contributed by atoms with E-state index in [2.05, 4.69) is 20.2 Å². The van der Waals surface area contributed by atoms with Crippen LogP contribution in [-0.4, -0.2) is 36.1 Å². The molecule has 0 bridgehead atoms. The van der Waals surface area contributed by atoms with Gasteiger partial charge in [0, 0.05) is 29.9 Å². The van der Waals surface area contributed by atoms with Gasteiger partial charge in [0.2, 0.25) is 5.91 Å². The van der Waals surface area contributed by atoms with Crippen LogP contribution < -0.4 is 15.0 Å². The van der Waals surface area contributed by atoms with Crippen LogP contribution in [-0.2, 0) is 4.79 Å². The molecule has 6 nitrogen and oxygen atoms in total. The van der Waals surface area contributed by atoms with E-state index in [1.165, 1.54) is 12.1 Å². The molecule has 1 aromatic heterocycles. The fraction of sp³-hybridized carbons (Fsp3) is 0.261. The Morgan fingerprint density at radius 3 is 2.81 bits per heavy atom. The number of halogens is 2. The number of carbonyl (C=O) groups is 1. The van der Waals surface area contributed by atoms with E-state index in [0.717, 1.165) is 30.8 Å². The fourth-order valence-electron chi connectivity index (χ4n) is 3.68. The van der Waals surface area contributed by atoms with Crippen molar-refractivity contribution in [1.29, 1.82) is 0 Å². The molecular weight excluding hydrogens is 419 g/mol. The van der Waals surface area contributed by atoms with E-state index in [1.807, 2.05) is 6.07 Å². The number of benzene rings is 2. The molecule has 0 spiro atoms. The lowest BCUT2D eigenvalue weighted by Crippen LogP contribution is -2.41. The number of carbonyl (C=O) groups excluding carboxylic acids is 1. The van der Waals surface area contributed by atoms with Crippen LogP contribution in [0.15, 0.2) is 54.7 Å². The third-order valence-corrected chi connectivity index (χ3v) is 5.51. The Balaban J connectivity index is 1.49. The number of hydrogen-bond acceptors (Lipinski definition) is 5. The number of aromatic nitrogens is 2. The summed E-state index contributed by atoms with van der Waals surface area (Å²) >= 11 is 6.07. The predicted molar refractivity (Wildman–Crippen MR) is 119 cm³/mol. The van der Waals surface area contributed by atoms with Crippen molar-refractivity contribution in [3.05, 3.63) is 65.6 Å². The highest BCUT2D eigenvalue weighted by molar-refractivity contribution is 6.31. The Hall–Kier alpha value is -3.19. The summed E-state index contributed by atoms with van der Waals surface area (Å²) in [6.07, 6.45) is 3.32. The standard InChI is InChI=1S/C23H22ClFN4O2/c1-31-20-9-6-17(24)13-19(20)27-23(30)16-3-2-12-29(14-16)21-10-11-26-22(28-21)15-4-7-18(25)8-5-15/h4-11,13,16H,2-3,12,14H2,1H3,(H,27,30)/t16-/m1/s1. The quantitative estimate of drug-likeness (QED) is 0.617. The van der Waals surface area contributed by atoms with Gasteiger partial charge in [0.05, 0.1) is 18.7 Å². The number of ether oxygens (including phenoxy) is 1. The first-order valence-electron chi connectivity index (χ1n) is 10.0. The second-order valence-corrected chi connectivity index (χ2v) is 7.80. The lowest BCUT2D eigenvalue weighted by molar-refractivity contribution is -0.120. The van der Waals surface area contributed by atoms with Crippen LogP contribution in [0.3, 0.4) is 0 Å². The highest BCUT2D eigenvalue weighted by atomic mass is 35.5. The maximum absolute atomic E-state index is 13.2. The van der Waals surface area contributed by atoms with Crippen LogP contribution >= 0.6 is 11.6 Å². The molecule has 1 amide bonds. The van der Waals surface area contributed by atoms with E-state index in [4.69, 9.17) is 16.3 Å². The predicted octanol–water partition coefficient (Wildman–Crippen LogP) is 4.80. The normalized spacial score (nSPS) is 16.1. The van der Waals surface area contributed by atoms with Crippen LogP contribution in [0.25, 0.3) is 11.4 Å². The lowest BCUT2D eigenvalue weighted by atomic mass is 9.97. The highest BCUT2D eigenvalue weighted by Gasteiger charge is 2.27. The van der Waals surface area contributed by atoms with Gasteiger partial charge in [-0.1, -0.05) is 11.6 Å². The molecule has 160 valence electrons. The van der Waals surface area contributed by atoms with Crippen LogP contribution in [0.4, 0.5) is 15.9 Å². The average Bonchev–Trinajstić information content (AvgIpc) is 2.80. The van der Waals surface area contributed by atoms with Gasteiger partial charge in [-0.3, -0.25) is 4.79 Å². The lowest BCUT2D eigenvalue weighted by Gasteiger charge is -2.33. The van der Waals surface area contributed by atoms with Crippen molar-refractivity contribution in [2.45, 2.75) is 12.8 Å². The molecule has 31 heavy (non-hydrogen) atoms. The summed E-state index contributed by atoms with van der Waals surface area (Å²) in [5, 5.41) is 3.47. The summed E-state index contributed by atoms with van der Waals surface area (Å²) in [6.45, 7) is 1.33. The molecule has 2 aromatic carbocycles. The van der Waals surface area contributed by atoms with Crippen molar-refractivity contribution in [1.82, 2.24) is 9.97 Å². The summed E-state index contributed by atoms with van der Waals surface area (Å²) in [6, 6.07) is 13.0. The number of amides is 1. The third-order valence-electron chi connectivity index (χ3n) is 5.28. The van der Waals surface area contributed by atoms with E-state index in [0.29, 0.717) is 28.8 Å². The van der Waals surface area contributed by atoms with Gasteiger partial charge in [-0.05, 0) is 61.4 Å². The van der Waals surface area contributed by atoms with Gasteiger partial charge < -0.3 is 15.0 Å². The third kappa shape index (κ3) is 4.94. The van der Waals surface area contributed by atoms with Gasteiger partial charge in [-0.25, -0.2) is 14.4 Å². The first-order chi connectivity index (χ1) is 15.0. The zero-order valence-corrected chi connectivity index (χ0v) is 17.8. The molecule has 0 saturated carbocycles. The number of methoxy groups -OCH3 is 1. The smallest absolute Gasteiger partial charge is 0.229 e. The van der Waals surface area contributed by atoms with E-state index in [-0.39, 0.29) is 17.6 Å². The van der Waals surface area contributed by atoms with Crippen molar-refractivity contribution in [3.63, 3.8) is 0 Å². The molecule has 3 aromatic rings. The van der Waals surface area contributed by atoms with Crippen molar-refractivity contribution in [3.8, 4) is 17.1 Å². The Kier molecular flexibility index (Phi) is 6.32. The van der Waals surface area contributed by atoms with Gasteiger partial charge in [-0.2, -0.15) is 0 Å². The van der Waals surface area contributed by atoms with E-state index < -0.39 is 0 Å². The van der Waals surface area contributed by atoms with Crippen molar-refractivity contribution >= 4 is 29.0 Å². The zero-order chi connectivity index (χ0) is 21.8. The monoisotopic (exact) mass is 440 g/mol. The number of nitrogens with zero attached hydrogens (tertiary/aromatic N) is 3. The number of piperidine rings is 1. The molecule has 1 aliphatic heterocycles. The van der Waals surface area contributed by atoms with Crippen molar-refractivity contribution in [2.24, 2.45) is 5.92 Å². The van der Waals surface area contributed by atoms with Gasteiger partial charge in [0.15, 0.2) is 5.82 Å². The molecule has 1 fully saturated rings. The average molecular weight is 441 g/mol. The minimum Gasteiger partial charge on any atom is -0.495 e.